The van der Waals surface area contributed by atoms with Crippen LogP contribution in [0.5, 0.6) is 5.75 Å². The minimum atomic E-state index is 0.114. The second-order valence-electron chi connectivity index (χ2n) is 4.52. The number of benzene rings is 1. The molecule has 0 fully saturated rings. The van der Waals surface area contributed by atoms with E-state index in [2.05, 4.69) is 6.92 Å². The summed E-state index contributed by atoms with van der Waals surface area (Å²) in [6.07, 6.45) is 10.5. The zero-order chi connectivity index (χ0) is 11.6. The van der Waals surface area contributed by atoms with Crippen molar-refractivity contribution < 1.29 is 5.11 Å². The van der Waals surface area contributed by atoms with Crippen LogP contribution in [0.4, 0.5) is 0 Å². The third-order valence-electron chi connectivity index (χ3n) is 2.99. The van der Waals surface area contributed by atoms with E-state index in [1.165, 1.54) is 50.5 Å². The fraction of sp³-hybridized carbons (Fsp3) is 0.600. The Hall–Kier alpha value is -0.980. The molecular formula is C15H23O-. The average Bonchev–Trinajstić information content (AvgIpc) is 2.30. The van der Waals surface area contributed by atoms with E-state index in [0.717, 1.165) is 6.42 Å². The van der Waals surface area contributed by atoms with Crippen LogP contribution in [0, 0.1) is 0 Å². The van der Waals surface area contributed by atoms with E-state index < -0.39 is 0 Å². The highest BCUT2D eigenvalue weighted by Crippen LogP contribution is 2.12. The maximum absolute atomic E-state index is 10.9. The Balaban J connectivity index is 2.01. The van der Waals surface area contributed by atoms with Gasteiger partial charge in [-0.05, 0) is 18.4 Å². The molecule has 1 nitrogen and oxygen atoms in total. The molecule has 0 heterocycles. The molecule has 1 aromatic carbocycles. The van der Waals surface area contributed by atoms with E-state index in [1.807, 2.05) is 12.1 Å². The second-order valence-corrected chi connectivity index (χ2v) is 4.52. The highest BCUT2D eigenvalue weighted by molar-refractivity contribution is 5.24. The molecule has 0 aliphatic heterocycles. The maximum Gasteiger partial charge on any atom is -0.0279 e. The quantitative estimate of drug-likeness (QED) is 0.605. The standard InChI is InChI=1S/C15H24O/c1-2-3-4-5-6-7-8-9-14-10-12-15(16)13-11-14/h10-13,16H,2-9H2,1H3/p-1. The lowest BCUT2D eigenvalue weighted by Gasteiger charge is -2.06. The predicted molar refractivity (Wildman–Crippen MR) is 67.6 cm³/mol. The number of unbranched alkanes of at least 4 members (excludes halogenated alkanes) is 6. The molecular weight excluding hydrogens is 196 g/mol. The molecule has 0 aliphatic carbocycles. The van der Waals surface area contributed by atoms with Gasteiger partial charge in [0.05, 0.1) is 0 Å². The summed E-state index contributed by atoms with van der Waals surface area (Å²) < 4.78 is 0. The first kappa shape index (κ1) is 13.1. The predicted octanol–water partition coefficient (Wildman–Crippen LogP) is 4.05. The number of rotatable bonds is 8. The van der Waals surface area contributed by atoms with E-state index in [4.69, 9.17) is 0 Å². The fourth-order valence-electron chi connectivity index (χ4n) is 1.94. The largest absolute Gasteiger partial charge is 0.872 e. The Morgan fingerprint density at radius 2 is 1.38 bits per heavy atom. The van der Waals surface area contributed by atoms with Crippen molar-refractivity contribution in [2.45, 2.75) is 58.3 Å². The van der Waals surface area contributed by atoms with Gasteiger partial charge in [0.1, 0.15) is 0 Å². The first-order valence-corrected chi connectivity index (χ1v) is 6.59. The van der Waals surface area contributed by atoms with Gasteiger partial charge in [-0.15, -0.1) is 5.75 Å². The lowest BCUT2D eigenvalue weighted by molar-refractivity contribution is -0.268. The van der Waals surface area contributed by atoms with Crippen LogP contribution in [-0.4, -0.2) is 0 Å². The van der Waals surface area contributed by atoms with Gasteiger partial charge in [-0.1, -0.05) is 69.7 Å². The summed E-state index contributed by atoms with van der Waals surface area (Å²) in [6, 6.07) is 7.24. The lowest BCUT2D eigenvalue weighted by atomic mass is 10.0. The Labute approximate surface area is 99.5 Å². The van der Waals surface area contributed by atoms with Crippen LogP contribution in [-0.2, 0) is 6.42 Å². The van der Waals surface area contributed by atoms with Gasteiger partial charge in [0.2, 0.25) is 0 Å². The van der Waals surface area contributed by atoms with Gasteiger partial charge in [0.15, 0.2) is 0 Å². The van der Waals surface area contributed by atoms with Crippen LogP contribution in [0.25, 0.3) is 0 Å². The minimum absolute atomic E-state index is 0.114. The minimum Gasteiger partial charge on any atom is -0.872 e. The van der Waals surface area contributed by atoms with Crippen LogP contribution >= 0.6 is 0 Å². The van der Waals surface area contributed by atoms with Crippen molar-refractivity contribution in [3.05, 3.63) is 29.8 Å². The smallest absolute Gasteiger partial charge is 0.0279 e. The molecule has 0 saturated heterocycles. The van der Waals surface area contributed by atoms with Gasteiger partial charge in [-0.2, -0.15) is 0 Å². The topological polar surface area (TPSA) is 23.1 Å². The molecule has 0 spiro atoms. The molecule has 16 heavy (non-hydrogen) atoms. The van der Waals surface area contributed by atoms with Crippen molar-refractivity contribution in [1.29, 1.82) is 0 Å². The molecule has 0 amide bonds. The van der Waals surface area contributed by atoms with Gasteiger partial charge >= 0.3 is 0 Å². The number of hydrogen-bond acceptors (Lipinski definition) is 1. The zero-order valence-electron chi connectivity index (χ0n) is 10.4. The number of aryl methyl sites for hydroxylation is 1. The molecule has 0 N–H and O–H groups in total. The van der Waals surface area contributed by atoms with E-state index in [-0.39, 0.29) is 5.75 Å². The Kier molecular flexibility index (Phi) is 6.71. The van der Waals surface area contributed by atoms with E-state index in [0.29, 0.717) is 0 Å². The summed E-state index contributed by atoms with van der Waals surface area (Å²) in [4.78, 5) is 0. The van der Waals surface area contributed by atoms with Gasteiger partial charge in [-0.3, -0.25) is 0 Å². The summed E-state index contributed by atoms with van der Waals surface area (Å²) in [6.45, 7) is 2.25. The molecule has 0 aliphatic rings. The summed E-state index contributed by atoms with van der Waals surface area (Å²) in [5, 5.41) is 10.9. The molecule has 0 saturated carbocycles. The van der Waals surface area contributed by atoms with Gasteiger partial charge in [0, 0.05) is 0 Å². The van der Waals surface area contributed by atoms with Crippen LogP contribution < -0.4 is 5.11 Å². The number of hydrogen-bond donors (Lipinski definition) is 0. The highest BCUT2D eigenvalue weighted by atomic mass is 16.3. The fourth-order valence-corrected chi connectivity index (χ4v) is 1.94. The van der Waals surface area contributed by atoms with Crippen molar-refractivity contribution in [2.75, 3.05) is 0 Å². The van der Waals surface area contributed by atoms with E-state index in [1.54, 1.807) is 12.1 Å². The lowest BCUT2D eigenvalue weighted by Crippen LogP contribution is -1.90. The Morgan fingerprint density at radius 3 is 2.00 bits per heavy atom. The summed E-state index contributed by atoms with van der Waals surface area (Å²) in [7, 11) is 0. The first-order chi connectivity index (χ1) is 7.83. The normalized spacial score (nSPS) is 10.6. The van der Waals surface area contributed by atoms with Crippen molar-refractivity contribution in [3.63, 3.8) is 0 Å². The van der Waals surface area contributed by atoms with Crippen LogP contribution in [0.15, 0.2) is 24.3 Å². The van der Waals surface area contributed by atoms with Crippen LogP contribution in [0.3, 0.4) is 0 Å². The van der Waals surface area contributed by atoms with Crippen LogP contribution in [0.1, 0.15) is 57.4 Å². The summed E-state index contributed by atoms with van der Waals surface area (Å²) in [5.41, 5.74) is 1.30. The average molecular weight is 219 g/mol. The highest BCUT2D eigenvalue weighted by Gasteiger charge is 1.93. The van der Waals surface area contributed by atoms with Gasteiger partial charge in [-0.25, -0.2) is 0 Å². The SMILES string of the molecule is CCCCCCCCCc1ccc([O-])cc1. The molecule has 1 rings (SSSR count). The monoisotopic (exact) mass is 219 g/mol. The Bertz CT molecular complexity index is 263. The molecule has 90 valence electrons. The third kappa shape index (κ3) is 5.79. The van der Waals surface area contributed by atoms with Crippen molar-refractivity contribution in [2.24, 2.45) is 0 Å². The Morgan fingerprint density at radius 1 is 0.812 bits per heavy atom. The molecule has 1 aromatic rings. The van der Waals surface area contributed by atoms with E-state index >= 15 is 0 Å². The van der Waals surface area contributed by atoms with Gasteiger partial charge < -0.3 is 5.11 Å². The van der Waals surface area contributed by atoms with Crippen molar-refractivity contribution in [3.8, 4) is 5.75 Å². The molecule has 0 atom stereocenters. The molecule has 0 bridgehead atoms. The first-order valence-electron chi connectivity index (χ1n) is 6.59. The molecule has 0 radical (unpaired) electrons. The summed E-state index contributed by atoms with van der Waals surface area (Å²) in [5.74, 6) is 0.114. The molecule has 0 unspecified atom stereocenters. The van der Waals surface area contributed by atoms with Crippen molar-refractivity contribution >= 4 is 0 Å². The second kappa shape index (κ2) is 8.20. The van der Waals surface area contributed by atoms with E-state index in [9.17, 15) is 5.11 Å². The van der Waals surface area contributed by atoms with Crippen molar-refractivity contribution in [1.82, 2.24) is 0 Å². The van der Waals surface area contributed by atoms with Gasteiger partial charge in [0.25, 0.3) is 0 Å². The third-order valence-corrected chi connectivity index (χ3v) is 2.99. The van der Waals surface area contributed by atoms with Crippen LogP contribution in [0.2, 0.25) is 0 Å². The molecule has 0 aromatic heterocycles. The summed E-state index contributed by atoms with van der Waals surface area (Å²) >= 11 is 0. The zero-order valence-corrected chi connectivity index (χ0v) is 10.4. The maximum atomic E-state index is 10.9. The molecule has 1 heteroatoms.